The van der Waals surface area contributed by atoms with Crippen molar-refractivity contribution in [3.63, 3.8) is 0 Å². The predicted molar refractivity (Wildman–Crippen MR) is 77.8 cm³/mol. The maximum Gasteiger partial charge on any atom is 0.238 e. The van der Waals surface area contributed by atoms with Crippen LogP contribution in [0.5, 0.6) is 17.2 Å². The van der Waals surface area contributed by atoms with Crippen molar-refractivity contribution in [1.82, 2.24) is 0 Å². The Morgan fingerprint density at radius 3 is 2.62 bits per heavy atom. The number of hydrogen-bond acceptors (Lipinski definition) is 5. The molecule has 2 N–H and O–H groups in total. The molecular weight excluding hydrogens is 272 g/mol. The van der Waals surface area contributed by atoms with Crippen molar-refractivity contribution in [3.05, 3.63) is 52.7 Å². The number of methoxy groups -OCH3 is 1. The summed E-state index contributed by atoms with van der Waals surface area (Å²) >= 11 is 0. The van der Waals surface area contributed by atoms with Crippen LogP contribution in [0.25, 0.3) is 22.3 Å². The topological polar surface area (TPSA) is 79.9 Å². The summed E-state index contributed by atoms with van der Waals surface area (Å²) in [5.74, 6) is -0.159. The molecule has 21 heavy (non-hydrogen) atoms. The third-order valence-corrected chi connectivity index (χ3v) is 3.21. The Balaban J connectivity index is 2.33. The van der Waals surface area contributed by atoms with E-state index in [2.05, 4.69) is 0 Å². The van der Waals surface area contributed by atoms with Crippen molar-refractivity contribution in [2.24, 2.45) is 0 Å². The smallest absolute Gasteiger partial charge is 0.238 e. The Labute approximate surface area is 119 Å². The number of rotatable bonds is 2. The van der Waals surface area contributed by atoms with E-state index in [0.29, 0.717) is 11.3 Å². The number of benzene rings is 2. The van der Waals surface area contributed by atoms with Crippen molar-refractivity contribution < 1.29 is 19.4 Å². The highest BCUT2D eigenvalue weighted by Gasteiger charge is 2.17. The van der Waals surface area contributed by atoms with Gasteiger partial charge in [0.15, 0.2) is 5.76 Å². The minimum atomic E-state index is -0.674. The zero-order valence-electron chi connectivity index (χ0n) is 11.2. The van der Waals surface area contributed by atoms with E-state index in [1.165, 1.54) is 13.2 Å². The quantitative estimate of drug-likeness (QED) is 0.756. The molecule has 0 saturated heterocycles. The van der Waals surface area contributed by atoms with Crippen LogP contribution in [0.1, 0.15) is 0 Å². The molecule has 0 unspecified atom stereocenters. The van der Waals surface area contributed by atoms with Gasteiger partial charge < -0.3 is 19.4 Å². The van der Waals surface area contributed by atoms with Crippen LogP contribution in [0, 0.1) is 0 Å². The maximum absolute atomic E-state index is 12.2. The fraction of sp³-hybridized carbons (Fsp3) is 0.0625. The second-order valence-corrected chi connectivity index (χ2v) is 4.49. The highest BCUT2D eigenvalue weighted by Crippen LogP contribution is 2.33. The fourth-order valence-corrected chi connectivity index (χ4v) is 2.17. The van der Waals surface area contributed by atoms with Crippen LogP contribution in [0.3, 0.4) is 0 Å². The Morgan fingerprint density at radius 2 is 1.86 bits per heavy atom. The number of phenolic OH excluding ortho intramolecular Hbond substituents is 1. The van der Waals surface area contributed by atoms with E-state index in [1.807, 2.05) is 0 Å². The number of ether oxygens (including phenoxy) is 1. The summed E-state index contributed by atoms with van der Waals surface area (Å²) in [6.45, 7) is 0. The standard InChI is InChI=1S/C16H12O5/c1-20-10-5-2-4-9(8-10)16-15(19)14(18)13-11(17)6-3-7-12(13)21-16/h2-8,17,19H,1H3. The third kappa shape index (κ3) is 2.08. The predicted octanol–water partition coefficient (Wildman–Crippen LogP) is 2.88. The molecule has 5 nitrogen and oxygen atoms in total. The number of hydrogen-bond donors (Lipinski definition) is 2. The Morgan fingerprint density at radius 1 is 1.10 bits per heavy atom. The summed E-state index contributed by atoms with van der Waals surface area (Å²) in [5, 5.41) is 19.8. The van der Waals surface area contributed by atoms with Gasteiger partial charge in [0.2, 0.25) is 11.2 Å². The summed E-state index contributed by atoms with van der Waals surface area (Å²) < 4.78 is 10.7. The molecule has 2 aromatic carbocycles. The van der Waals surface area contributed by atoms with E-state index in [9.17, 15) is 15.0 Å². The number of phenols is 1. The highest BCUT2D eigenvalue weighted by molar-refractivity contribution is 5.86. The molecule has 1 aromatic heterocycles. The minimum absolute atomic E-state index is 0.0389. The molecule has 1 heterocycles. The molecule has 0 atom stereocenters. The van der Waals surface area contributed by atoms with Gasteiger partial charge in [0.25, 0.3) is 0 Å². The molecule has 0 bridgehead atoms. The molecule has 0 fully saturated rings. The van der Waals surface area contributed by atoms with Crippen molar-refractivity contribution in [3.8, 4) is 28.6 Å². The molecule has 0 radical (unpaired) electrons. The van der Waals surface area contributed by atoms with E-state index < -0.39 is 11.2 Å². The SMILES string of the molecule is COc1cccc(-c2oc3cccc(O)c3c(=O)c2O)c1. The minimum Gasteiger partial charge on any atom is -0.507 e. The van der Waals surface area contributed by atoms with Gasteiger partial charge in [-0.15, -0.1) is 0 Å². The lowest BCUT2D eigenvalue weighted by atomic mass is 10.1. The zero-order valence-corrected chi connectivity index (χ0v) is 11.2. The van der Waals surface area contributed by atoms with Crippen LogP contribution in [-0.4, -0.2) is 17.3 Å². The van der Waals surface area contributed by atoms with Crippen molar-refractivity contribution in [2.45, 2.75) is 0 Å². The highest BCUT2D eigenvalue weighted by atomic mass is 16.5. The van der Waals surface area contributed by atoms with Crippen LogP contribution < -0.4 is 10.2 Å². The van der Waals surface area contributed by atoms with Crippen LogP contribution in [0.4, 0.5) is 0 Å². The number of fused-ring (bicyclic) bond motifs is 1. The van der Waals surface area contributed by atoms with Gasteiger partial charge in [-0.2, -0.15) is 0 Å². The average Bonchev–Trinajstić information content (AvgIpc) is 2.50. The largest absolute Gasteiger partial charge is 0.507 e. The van der Waals surface area contributed by atoms with E-state index in [-0.39, 0.29) is 22.5 Å². The maximum atomic E-state index is 12.2. The second-order valence-electron chi connectivity index (χ2n) is 4.49. The van der Waals surface area contributed by atoms with Gasteiger partial charge in [-0.25, -0.2) is 0 Å². The van der Waals surface area contributed by atoms with E-state index in [1.54, 1.807) is 36.4 Å². The summed E-state index contributed by atoms with van der Waals surface area (Å²) in [6, 6.07) is 11.3. The molecule has 3 aromatic rings. The van der Waals surface area contributed by atoms with Gasteiger partial charge in [-0.1, -0.05) is 18.2 Å². The van der Waals surface area contributed by atoms with Gasteiger partial charge in [-0.3, -0.25) is 4.79 Å². The van der Waals surface area contributed by atoms with Crippen molar-refractivity contribution in [2.75, 3.05) is 7.11 Å². The van der Waals surface area contributed by atoms with Crippen LogP contribution in [0.15, 0.2) is 51.7 Å². The van der Waals surface area contributed by atoms with E-state index in [0.717, 1.165) is 0 Å². The second kappa shape index (κ2) is 4.86. The molecule has 5 heteroatoms. The Kier molecular flexibility index (Phi) is 3.02. The van der Waals surface area contributed by atoms with Gasteiger partial charge in [-0.05, 0) is 24.3 Å². The molecule has 106 valence electrons. The normalized spacial score (nSPS) is 10.7. The molecule has 0 aliphatic rings. The summed E-state index contributed by atoms with van der Waals surface area (Å²) in [5.41, 5.74) is 0.0389. The lowest BCUT2D eigenvalue weighted by molar-refractivity contribution is 0.414. The first-order chi connectivity index (χ1) is 10.1. The zero-order chi connectivity index (χ0) is 15.0. The average molecular weight is 284 g/mol. The van der Waals surface area contributed by atoms with Gasteiger partial charge in [0.05, 0.1) is 7.11 Å². The number of aromatic hydroxyl groups is 2. The molecule has 0 spiro atoms. The summed E-state index contributed by atoms with van der Waals surface area (Å²) in [7, 11) is 1.52. The van der Waals surface area contributed by atoms with Gasteiger partial charge in [0, 0.05) is 5.56 Å². The van der Waals surface area contributed by atoms with E-state index >= 15 is 0 Å². The fourth-order valence-electron chi connectivity index (χ4n) is 2.17. The third-order valence-electron chi connectivity index (χ3n) is 3.21. The Hall–Kier alpha value is -2.95. The molecule has 0 aliphatic heterocycles. The van der Waals surface area contributed by atoms with Gasteiger partial charge >= 0.3 is 0 Å². The first kappa shape index (κ1) is 13.1. The molecule has 0 aliphatic carbocycles. The molecule has 3 rings (SSSR count). The molecular formula is C16H12O5. The Bertz CT molecular complexity index is 879. The van der Waals surface area contributed by atoms with Crippen LogP contribution in [0.2, 0.25) is 0 Å². The van der Waals surface area contributed by atoms with Gasteiger partial charge in [0.1, 0.15) is 22.5 Å². The monoisotopic (exact) mass is 284 g/mol. The summed E-state index contributed by atoms with van der Waals surface area (Å²) in [4.78, 5) is 12.2. The lowest BCUT2D eigenvalue weighted by Gasteiger charge is -2.08. The molecule has 0 saturated carbocycles. The summed E-state index contributed by atoms with van der Waals surface area (Å²) in [6.07, 6.45) is 0. The first-order valence-corrected chi connectivity index (χ1v) is 6.24. The molecule has 0 amide bonds. The van der Waals surface area contributed by atoms with Crippen LogP contribution in [-0.2, 0) is 0 Å². The van der Waals surface area contributed by atoms with Crippen LogP contribution >= 0.6 is 0 Å². The van der Waals surface area contributed by atoms with Crippen molar-refractivity contribution in [1.29, 1.82) is 0 Å². The van der Waals surface area contributed by atoms with Crippen molar-refractivity contribution >= 4 is 11.0 Å². The van der Waals surface area contributed by atoms with E-state index in [4.69, 9.17) is 9.15 Å². The first-order valence-electron chi connectivity index (χ1n) is 6.24. The lowest BCUT2D eigenvalue weighted by Crippen LogP contribution is -2.02.